The summed E-state index contributed by atoms with van der Waals surface area (Å²) in [7, 11) is -3.43. The number of aromatic nitrogens is 5. The molecule has 162 valence electrons. The lowest BCUT2D eigenvalue weighted by molar-refractivity contribution is 0.224. The van der Waals surface area contributed by atoms with E-state index in [1.54, 1.807) is 10.5 Å². The Morgan fingerprint density at radius 1 is 1.23 bits per heavy atom. The van der Waals surface area contributed by atoms with Crippen molar-refractivity contribution in [2.45, 2.75) is 69.7 Å². The fraction of sp³-hybridized carbons (Fsp3) is 0.650. The molecule has 0 unspecified atom stereocenters. The lowest BCUT2D eigenvalue weighted by atomic mass is 9.74. The third-order valence-electron chi connectivity index (χ3n) is 6.75. The van der Waals surface area contributed by atoms with E-state index in [-0.39, 0.29) is 11.5 Å². The second kappa shape index (κ2) is 7.58. The van der Waals surface area contributed by atoms with Crippen LogP contribution in [0.1, 0.15) is 70.0 Å². The van der Waals surface area contributed by atoms with Crippen LogP contribution >= 0.6 is 0 Å². The van der Waals surface area contributed by atoms with E-state index in [2.05, 4.69) is 36.2 Å². The van der Waals surface area contributed by atoms with E-state index in [1.807, 2.05) is 12.3 Å². The van der Waals surface area contributed by atoms with Gasteiger partial charge in [0.25, 0.3) is 10.2 Å². The molecule has 0 amide bonds. The van der Waals surface area contributed by atoms with Gasteiger partial charge in [-0.3, -0.25) is 4.40 Å². The molecule has 1 saturated heterocycles. The highest BCUT2D eigenvalue weighted by Crippen LogP contribution is 2.40. The SMILES string of the molecule is CCCC1(NS(=O)(=O)N2CCCC2)CCC(c2nnc3cnc4[nH]ccc4n23)CC1. The molecule has 30 heavy (non-hydrogen) atoms. The molecule has 0 atom stereocenters. The van der Waals surface area contributed by atoms with Crippen LogP contribution in [0.4, 0.5) is 0 Å². The summed E-state index contributed by atoms with van der Waals surface area (Å²) in [5.41, 5.74) is 2.18. The van der Waals surface area contributed by atoms with Gasteiger partial charge >= 0.3 is 0 Å². The highest BCUT2D eigenvalue weighted by molar-refractivity contribution is 7.87. The van der Waals surface area contributed by atoms with Crippen LogP contribution in [-0.4, -0.2) is 55.9 Å². The summed E-state index contributed by atoms with van der Waals surface area (Å²) in [6, 6.07) is 2.00. The predicted octanol–water partition coefficient (Wildman–Crippen LogP) is 2.73. The van der Waals surface area contributed by atoms with Crippen LogP contribution in [0.5, 0.6) is 0 Å². The minimum Gasteiger partial charge on any atom is -0.345 e. The first-order chi connectivity index (χ1) is 14.5. The first kappa shape index (κ1) is 19.9. The van der Waals surface area contributed by atoms with Crippen LogP contribution in [-0.2, 0) is 10.2 Å². The Morgan fingerprint density at radius 2 is 2.00 bits per heavy atom. The molecule has 3 aromatic rings. The maximum atomic E-state index is 13.0. The van der Waals surface area contributed by atoms with Crippen LogP contribution in [0, 0.1) is 0 Å². The summed E-state index contributed by atoms with van der Waals surface area (Å²) in [6.07, 6.45) is 10.7. The largest absolute Gasteiger partial charge is 0.345 e. The molecule has 0 spiro atoms. The maximum Gasteiger partial charge on any atom is 0.279 e. The zero-order chi connectivity index (χ0) is 20.8. The average molecular weight is 432 g/mol. The molecule has 1 saturated carbocycles. The molecule has 2 fully saturated rings. The number of nitrogens with zero attached hydrogens (tertiary/aromatic N) is 5. The van der Waals surface area contributed by atoms with Crippen molar-refractivity contribution in [3.63, 3.8) is 0 Å². The van der Waals surface area contributed by atoms with Crippen molar-refractivity contribution in [1.82, 2.24) is 33.6 Å². The Hall–Kier alpha value is -2.04. The molecule has 9 nitrogen and oxygen atoms in total. The number of H-pyrrole nitrogens is 1. The topological polar surface area (TPSA) is 108 Å². The average Bonchev–Trinajstić information content (AvgIpc) is 3.47. The highest BCUT2D eigenvalue weighted by Gasteiger charge is 2.41. The van der Waals surface area contributed by atoms with Crippen molar-refractivity contribution in [2.75, 3.05) is 13.1 Å². The highest BCUT2D eigenvalue weighted by atomic mass is 32.2. The Bertz CT molecular complexity index is 1140. The van der Waals surface area contributed by atoms with Gasteiger partial charge in [-0.05, 0) is 51.0 Å². The van der Waals surface area contributed by atoms with Crippen LogP contribution in [0.3, 0.4) is 0 Å². The molecule has 2 N–H and O–H groups in total. The number of fused-ring (bicyclic) bond motifs is 3. The van der Waals surface area contributed by atoms with Crippen molar-refractivity contribution in [3.8, 4) is 0 Å². The predicted molar refractivity (Wildman–Crippen MR) is 114 cm³/mol. The van der Waals surface area contributed by atoms with Crippen molar-refractivity contribution in [3.05, 3.63) is 24.3 Å². The van der Waals surface area contributed by atoms with Crippen LogP contribution in [0.15, 0.2) is 18.5 Å². The number of nitrogens with one attached hydrogen (secondary N) is 2. The van der Waals surface area contributed by atoms with Crippen molar-refractivity contribution >= 4 is 27.0 Å². The summed E-state index contributed by atoms with van der Waals surface area (Å²) < 4.78 is 32.7. The zero-order valence-electron chi connectivity index (χ0n) is 17.3. The quantitative estimate of drug-likeness (QED) is 0.624. The van der Waals surface area contributed by atoms with Gasteiger partial charge < -0.3 is 4.98 Å². The molecule has 3 aromatic heterocycles. The van der Waals surface area contributed by atoms with E-state index < -0.39 is 10.2 Å². The molecule has 0 bridgehead atoms. The van der Waals surface area contributed by atoms with E-state index in [1.165, 1.54) is 0 Å². The third-order valence-corrected chi connectivity index (χ3v) is 8.49. The second-order valence-electron chi connectivity index (χ2n) is 8.74. The molecular formula is C20H29N7O2S. The Balaban J connectivity index is 1.39. The summed E-state index contributed by atoms with van der Waals surface area (Å²) in [4.78, 5) is 7.54. The number of rotatable bonds is 6. The number of aromatic amines is 1. The standard InChI is InChI=1S/C20H29N7O2S/c1-2-8-20(25-30(28,29)26-12-3-4-13-26)9-5-15(6-10-20)19-24-23-17-14-22-18-16(27(17)19)7-11-21-18/h7,11,14-15,21,25H,2-6,8-10,12-13H2,1H3. The van der Waals surface area contributed by atoms with Gasteiger partial charge in [-0.15, -0.1) is 10.2 Å². The second-order valence-corrected chi connectivity index (χ2v) is 10.4. The Morgan fingerprint density at radius 3 is 2.73 bits per heavy atom. The van der Waals surface area contributed by atoms with E-state index in [4.69, 9.17) is 0 Å². The molecular weight excluding hydrogens is 402 g/mol. The zero-order valence-corrected chi connectivity index (χ0v) is 18.2. The molecule has 1 aliphatic heterocycles. The summed E-state index contributed by atoms with van der Waals surface area (Å²) in [5, 5.41) is 8.82. The van der Waals surface area contributed by atoms with Crippen LogP contribution in [0.25, 0.3) is 16.8 Å². The van der Waals surface area contributed by atoms with Gasteiger partial charge in [0.15, 0.2) is 11.3 Å². The number of hydrogen-bond acceptors (Lipinski definition) is 5. The molecule has 5 rings (SSSR count). The molecule has 4 heterocycles. The fourth-order valence-corrected chi connectivity index (χ4v) is 6.96. The van der Waals surface area contributed by atoms with Gasteiger partial charge in [-0.25, -0.2) is 4.98 Å². The summed E-state index contributed by atoms with van der Waals surface area (Å²) in [5.74, 6) is 1.20. The summed E-state index contributed by atoms with van der Waals surface area (Å²) >= 11 is 0. The van der Waals surface area contributed by atoms with Gasteiger partial charge in [0.2, 0.25) is 0 Å². The van der Waals surface area contributed by atoms with Gasteiger partial charge in [0, 0.05) is 30.7 Å². The Labute approximate surface area is 176 Å². The molecule has 0 radical (unpaired) electrons. The van der Waals surface area contributed by atoms with E-state index >= 15 is 0 Å². The van der Waals surface area contributed by atoms with E-state index in [0.717, 1.165) is 74.0 Å². The fourth-order valence-electron chi connectivity index (χ4n) is 5.24. The van der Waals surface area contributed by atoms with Gasteiger partial charge in [0.1, 0.15) is 5.82 Å². The first-order valence-electron chi connectivity index (χ1n) is 11.0. The smallest absolute Gasteiger partial charge is 0.279 e. The minimum atomic E-state index is -3.43. The molecule has 0 aromatic carbocycles. The maximum absolute atomic E-state index is 13.0. The molecule has 2 aliphatic rings. The normalized spacial score (nSPS) is 26.1. The van der Waals surface area contributed by atoms with Crippen LogP contribution < -0.4 is 4.72 Å². The van der Waals surface area contributed by atoms with Gasteiger partial charge in [-0.1, -0.05) is 13.3 Å². The van der Waals surface area contributed by atoms with Crippen molar-refractivity contribution in [1.29, 1.82) is 0 Å². The summed E-state index contributed by atoms with van der Waals surface area (Å²) in [6.45, 7) is 3.39. The monoisotopic (exact) mass is 431 g/mol. The number of hydrogen-bond donors (Lipinski definition) is 2. The van der Waals surface area contributed by atoms with Gasteiger partial charge in [0.05, 0.1) is 11.7 Å². The van der Waals surface area contributed by atoms with Crippen LogP contribution in [0.2, 0.25) is 0 Å². The van der Waals surface area contributed by atoms with Gasteiger partial charge in [-0.2, -0.15) is 17.4 Å². The molecule has 10 heteroatoms. The van der Waals surface area contributed by atoms with Crippen molar-refractivity contribution < 1.29 is 8.42 Å². The molecule has 1 aliphatic carbocycles. The first-order valence-corrected chi connectivity index (χ1v) is 12.4. The van der Waals surface area contributed by atoms with E-state index in [9.17, 15) is 8.42 Å². The van der Waals surface area contributed by atoms with E-state index in [0.29, 0.717) is 13.1 Å². The third kappa shape index (κ3) is 3.40. The minimum absolute atomic E-state index is 0.252. The van der Waals surface area contributed by atoms with Crippen molar-refractivity contribution in [2.24, 2.45) is 0 Å². The lowest BCUT2D eigenvalue weighted by Crippen LogP contribution is -2.54. The lowest BCUT2D eigenvalue weighted by Gasteiger charge is -2.41. The Kier molecular flexibility index (Phi) is 5.03.